The topological polar surface area (TPSA) is 64.2 Å². The van der Waals surface area contributed by atoms with Crippen molar-refractivity contribution in [3.05, 3.63) is 34.5 Å². The second-order valence-corrected chi connectivity index (χ2v) is 5.70. The molecule has 0 unspecified atom stereocenters. The van der Waals surface area contributed by atoms with E-state index in [0.717, 1.165) is 36.5 Å². The Kier molecular flexibility index (Phi) is 3.31. The van der Waals surface area contributed by atoms with E-state index >= 15 is 0 Å². The summed E-state index contributed by atoms with van der Waals surface area (Å²) in [5.41, 5.74) is 4.00. The summed E-state index contributed by atoms with van der Waals surface area (Å²) in [6.07, 6.45) is 1.96. The van der Waals surface area contributed by atoms with E-state index in [-0.39, 0.29) is 11.9 Å². The summed E-state index contributed by atoms with van der Waals surface area (Å²) in [6, 6.07) is 1.78. The van der Waals surface area contributed by atoms with Gasteiger partial charge in [-0.2, -0.15) is 5.10 Å². The molecule has 1 amide bonds. The fourth-order valence-corrected chi connectivity index (χ4v) is 3.19. The second kappa shape index (κ2) is 5.02. The zero-order chi connectivity index (χ0) is 15.1. The van der Waals surface area contributed by atoms with Gasteiger partial charge in [0.25, 0.3) is 5.91 Å². The van der Waals surface area contributed by atoms with E-state index in [2.05, 4.69) is 17.2 Å². The van der Waals surface area contributed by atoms with E-state index in [9.17, 15) is 4.79 Å². The maximum absolute atomic E-state index is 12.6. The number of likely N-dealkylation sites (tertiary alicyclic amines) is 1. The van der Waals surface area contributed by atoms with E-state index in [1.807, 2.05) is 30.5 Å². The van der Waals surface area contributed by atoms with Gasteiger partial charge < -0.3 is 9.42 Å². The fraction of sp³-hybridized carbons (Fsp3) is 0.533. The van der Waals surface area contributed by atoms with Gasteiger partial charge in [-0.25, -0.2) is 0 Å². The minimum atomic E-state index is -0.0826. The summed E-state index contributed by atoms with van der Waals surface area (Å²) < 4.78 is 7.01. The number of aryl methyl sites for hydroxylation is 3. The molecule has 1 aliphatic rings. The highest BCUT2D eigenvalue weighted by molar-refractivity contribution is 5.92. The minimum absolute atomic E-state index is 0.0802. The van der Waals surface area contributed by atoms with Gasteiger partial charge in [-0.05, 0) is 33.6 Å². The lowest BCUT2D eigenvalue weighted by molar-refractivity contribution is 0.0692. The van der Waals surface area contributed by atoms with E-state index in [1.165, 1.54) is 5.56 Å². The maximum Gasteiger partial charge on any atom is 0.292 e. The Morgan fingerprint density at radius 1 is 1.38 bits per heavy atom. The fourth-order valence-electron chi connectivity index (χ4n) is 3.19. The van der Waals surface area contributed by atoms with Crippen LogP contribution in [-0.4, -0.2) is 32.3 Å². The number of nitrogens with zero attached hydrogens (tertiary/aromatic N) is 4. The van der Waals surface area contributed by atoms with Gasteiger partial charge in [-0.1, -0.05) is 5.16 Å². The van der Waals surface area contributed by atoms with Crippen molar-refractivity contribution >= 4 is 5.91 Å². The molecule has 112 valence electrons. The standard InChI is InChI=1S/C15H20N4O2/c1-9-8-13(21-17-9)15(20)19-7-5-6-12(19)14-10(2)16-18(4)11(14)3/h8,12H,5-7H2,1-4H3/t12-/m1/s1. The average Bonchev–Trinajstić information content (AvgIpc) is 3.11. The number of hydrogen-bond donors (Lipinski definition) is 0. The predicted octanol–water partition coefficient (Wildman–Crippen LogP) is 2.31. The molecule has 0 N–H and O–H groups in total. The van der Waals surface area contributed by atoms with Crippen LogP contribution in [0.3, 0.4) is 0 Å². The highest BCUT2D eigenvalue weighted by Gasteiger charge is 2.35. The molecule has 0 bridgehead atoms. The first kappa shape index (κ1) is 13.9. The first-order chi connectivity index (χ1) is 9.99. The molecule has 6 nitrogen and oxygen atoms in total. The smallest absolute Gasteiger partial charge is 0.292 e. The van der Waals surface area contributed by atoms with Crippen LogP contribution in [0.4, 0.5) is 0 Å². The first-order valence-electron chi connectivity index (χ1n) is 7.23. The molecule has 0 aliphatic carbocycles. The van der Waals surface area contributed by atoms with Crippen molar-refractivity contribution in [3.8, 4) is 0 Å². The van der Waals surface area contributed by atoms with Gasteiger partial charge in [0, 0.05) is 30.9 Å². The Morgan fingerprint density at radius 2 is 2.14 bits per heavy atom. The van der Waals surface area contributed by atoms with Crippen LogP contribution in [0.25, 0.3) is 0 Å². The third kappa shape index (κ3) is 2.24. The number of hydrogen-bond acceptors (Lipinski definition) is 4. The van der Waals surface area contributed by atoms with Crippen molar-refractivity contribution in [1.82, 2.24) is 19.8 Å². The third-order valence-electron chi connectivity index (χ3n) is 4.25. The summed E-state index contributed by atoms with van der Waals surface area (Å²) in [5.74, 6) is 0.236. The van der Waals surface area contributed by atoms with Crippen molar-refractivity contribution in [3.63, 3.8) is 0 Å². The van der Waals surface area contributed by atoms with Gasteiger partial charge in [-0.3, -0.25) is 9.48 Å². The van der Waals surface area contributed by atoms with Gasteiger partial charge >= 0.3 is 0 Å². The Morgan fingerprint density at radius 3 is 2.71 bits per heavy atom. The van der Waals surface area contributed by atoms with Crippen molar-refractivity contribution in [2.75, 3.05) is 6.54 Å². The van der Waals surface area contributed by atoms with Crippen LogP contribution in [0.5, 0.6) is 0 Å². The molecular formula is C15H20N4O2. The van der Waals surface area contributed by atoms with Gasteiger partial charge in [0.2, 0.25) is 5.76 Å². The molecular weight excluding hydrogens is 268 g/mol. The van der Waals surface area contributed by atoms with Crippen LogP contribution in [0, 0.1) is 20.8 Å². The molecule has 0 spiro atoms. The Balaban J connectivity index is 1.94. The van der Waals surface area contributed by atoms with Crippen LogP contribution in [-0.2, 0) is 7.05 Å². The molecule has 1 aliphatic heterocycles. The van der Waals surface area contributed by atoms with E-state index in [4.69, 9.17) is 4.52 Å². The number of amides is 1. The molecule has 2 aromatic heterocycles. The molecule has 0 radical (unpaired) electrons. The van der Waals surface area contributed by atoms with E-state index in [1.54, 1.807) is 6.07 Å². The number of aromatic nitrogens is 3. The van der Waals surface area contributed by atoms with Gasteiger partial charge in [0.05, 0.1) is 17.4 Å². The van der Waals surface area contributed by atoms with Crippen molar-refractivity contribution < 1.29 is 9.32 Å². The summed E-state index contributed by atoms with van der Waals surface area (Å²) in [4.78, 5) is 14.5. The predicted molar refractivity (Wildman–Crippen MR) is 76.9 cm³/mol. The number of carbonyl (C=O) groups is 1. The van der Waals surface area contributed by atoms with Gasteiger partial charge in [-0.15, -0.1) is 0 Å². The summed E-state index contributed by atoms with van der Waals surface area (Å²) in [5, 5.41) is 8.28. The zero-order valence-corrected chi connectivity index (χ0v) is 12.9. The van der Waals surface area contributed by atoms with Gasteiger partial charge in [0.1, 0.15) is 0 Å². The number of rotatable bonds is 2. The molecule has 3 heterocycles. The minimum Gasteiger partial charge on any atom is -0.351 e. The monoisotopic (exact) mass is 288 g/mol. The summed E-state index contributed by atoms with van der Waals surface area (Å²) in [7, 11) is 1.94. The second-order valence-electron chi connectivity index (χ2n) is 5.70. The van der Waals surface area contributed by atoms with Crippen LogP contribution in [0.15, 0.2) is 10.6 Å². The normalized spacial score (nSPS) is 18.5. The van der Waals surface area contributed by atoms with Crippen LogP contribution >= 0.6 is 0 Å². The molecule has 3 rings (SSSR count). The van der Waals surface area contributed by atoms with E-state index in [0.29, 0.717) is 5.76 Å². The molecule has 6 heteroatoms. The lowest BCUT2D eigenvalue weighted by Gasteiger charge is -2.24. The van der Waals surface area contributed by atoms with Crippen LogP contribution in [0.2, 0.25) is 0 Å². The van der Waals surface area contributed by atoms with Crippen molar-refractivity contribution in [1.29, 1.82) is 0 Å². The SMILES string of the molecule is Cc1cc(C(=O)N2CCC[C@@H]2c2c(C)nn(C)c2C)on1. The molecule has 0 aromatic carbocycles. The quantitative estimate of drug-likeness (QED) is 0.850. The Hall–Kier alpha value is -2.11. The van der Waals surface area contributed by atoms with Gasteiger partial charge in [0.15, 0.2) is 0 Å². The Bertz CT molecular complexity index is 686. The molecule has 21 heavy (non-hydrogen) atoms. The largest absolute Gasteiger partial charge is 0.351 e. The highest BCUT2D eigenvalue weighted by atomic mass is 16.5. The summed E-state index contributed by atoms with van der Waals surface area (Å²) in [6.45, 7) is 6.62. The molecule has 1 saturated heterocycles. The average molecular weight is 288 g/mol. The first-order valence-corrected chi connectivity index (χ1v) is 7.23. The highest BCUT2D eigenvalue weighted by Crippen LogP contribution is 2.36. The lowest BCUT2D eigenvalue weighted by Crippen LogP contribution is -2.30. The number of carbonyl (C=O) groups excluding carboxylic acids is 1. The molecule has 1 fully saturated rings. The lowest BCUT2D eigenvalue weighted by atomic mass is 10.0. The Labute approximate surface area is 123 Å². The molecule has 2 aromatic rings. The maximum atomic E-state index is 12.6. The van der Waals surface area contributed by atoms with Crippen molar-refractivity contribution in [2.45, 2.75) is 39.7 Å². The summed E-state index contributed by atoms with van der Waals surface area (Å²) >= 11 is 0. The third-order valence-corrected chi connectivity index (χ3v) is 4.25. The van der Waals surface area contributed by atoms with Crippen LogP contribution in [0.1, 0.15) is 52.1 Å². The zero-order valence-electron chi connectivity index (χ0n) is 12.9. The van der Waals surface area contributed by atoms with Crippen LogP contribution < -0.4 is 0 Å². The molecule has 1 atom stereocenters. The molecule has 0 saturated carbocycles. The van der Waals surface area contributed by atoms with Crippen molar-refractivity contribution in [2.24, 2.45) is 7.05 Å². The van der Waals surface area contributed by atoms with E-state index < -0.39 is 0 Å².